The molecule has 1 fully saturated rings. The van der Waals surface area contributed by atoms with Crippen LogP contribution in [0.2, 0.25) is 0 Å². The summed E-state index contributed by atoms with van der Waals surface area (Å²) < 4.78 is 14.2. The molecule has 0 N–H and O–H groups in total. The van der Waals surface area contributed by atoms with Crippen LogP contribution in [0.15, 0.2) is 42.6 Å². The van der Waals surface area contributed by atoms with E-state index in [0.29, 0.717) is 12.1 Å². The molecule has 108 valence electrons. The van der Waals surface area contributed by atoms with Crippen LogP contribution in [0.1, 0.15) is 34.5 Å². The molecule has 2 aromatic rings. The van der Waals surface area contributed by atoms with Gasteiger partial charge in [-0.3, -0.25) is 9.78 Å². The third-order valence-corrected chi connectivity index (χ3v) is 3.73. The average Bonchev–Trinajstić information content (AvgIpc) is 3.33. The molecular formula is C17H17FN2O. The summed E-state index contributed by atoms with van der Waals surface area (Å²) in [5, 5.41) is 0. The molecule has 0 bridgehead atoms. The number of carbonyl (C=O) groups excluding carboxylic acids is 1. The number of amides is 1. The van der Waals surface area contributed by atoms with E-state index in [1.54, 1.807) is 36.2 Å². The highest BCUT2D eigenvalue weighted by molar-refractivity contribution is 5.95. The first-order valence-electron chi connectivity index (χ1n) is 7.13. The summed E-state index contributed by atoms with van der Waals surface area (Å²) in [6.07, 6.45) is 3.66. The normalized spacial score (nSPS) is 14.0. The number of rotatable bonds is 4. The second kappa shape index (κ2) is 5.64. The topological polar surface area (TPSA) is 33.2 Å². The molecule has 3 rings (SSSR count). The molecule has 1 aromatic carbocycles. The molecule has 1 aromatic heterocycles. The lowest BCUT2D eigenvalue weighted by molar-refractivity contribution is 0.0722. The summed E-state index contributed by atoms with van der Waals surface area (Å²) >= 11 is 0. The highest BCUT2D eigenvalue weighted by Crippen LogP contribution is 2.30. The highest BCUT2D eigenvalue weighted by Gasteiger charge is 2.34. The second-order valence-electron chi connectivity index (χ2n) is 5.42. The van der Waals surface area contributed by atoms with E-state index < -0.39 is 5.82 Å². The van der Waals surface area contributed by atoms with E-state index in [1.807, 2.05) is 18.2 Å². The van der Waals surface area contributed by atoms with Gasteiger partial charge in [0.05, 0.1) is 17.8 Å². The van der Waals surface area contributed by atoms with Crippen LogP contribution < -0.4 is 0 Å². The van der Waals surface area contributed by atoms with Crippen LogP contribution in [-0.2, 0) is 6.54 Å². The Labute approximate surface area is 123 Å². The van der Waals surface area contributed by atoms with Crippen LogP contribution in [-0.4, -0.2) is 21.8 Å². The average molecular weight is 284 g/mol. The van der Waals surface area contributed by atoms with Gasteiger partial charge in [-0.05, 0) is 43.5 Å². The molecular weight excluding hydrogens is 267 g/mol. The minimum atomic E-state index is -0.422. The minimum Gasteiger partial charge on any atom is -0.330 e. The van der Waals surface area contributed by atoms with Gasteiger partial charge < -0.3 is 4.90 Å². The van der Waals surface area contributed by atoms with Crippen molar-refractivity contribution in [2.24, 2.45) is 0 Å². The Morgan fingerprint density at radius 3 is 2.76 bits per heavy atom. The number of carbonyl (C=O) groups is 1. The zero-order chi connectivity index (χ0) is 14.8. The van der Waals surface area contributed by atoms with E-state index in [9.17, 15) is 9.18 Å². The van der Waals surface area contributed by atoms with E-state index >= 15 is 0 Å². The van der Waals surface area contributed by atoms with E-state index in [-0.39, 0.29) is 17.5 Å². The number of benzene rings is 1. The quantitative estimate of drug-likeness (QED) is 0.862. The fourth-order valence-corrected chi connectivity index (χ4v) is 2.39. The fraction of sp³-hybridized carbons (Fsp3) is 0.294. The first kappa shape index (κ1) is 13.7. The van der Waals surface area contributed by atoms with Crippen molar-refractivity contribution in [3.05, 3.63) is 65.2 Å². The predicted molar refractivity (Wildman–Crippen MR) is 78.3 cm³/mol. The number of halogens is 1. The number of pyridine rings is 1. The molecule has 0 saturated heterocycles. The standard InChI is InChI=1S/C17H17FN2O/c1-12-5-4-7-15(16(12)18)17(21)20(14-8-9-14)11-13-6-2-3-10-19-13/h2-7,10,14H,8-9,11H2,1H3. The summed E-state index contributed by atoms with van der Waals surface area (Å²) in [7, 11) is 0. The summed E-state index contributed by atoms with van der Waals surface area (Å²) in [6, 6.07) is 10.8. The van der Waals surface area contributed by atoms with Crippen LogP contribution >= 0.6 is 0 Å². The molecule has 0 spiro atoms. The van der Waals surface area contributed by atoms with Crippen molar-refractivity contribution in [2.75, 3.05) is 0 Å². The van der Waals surface area contributed by atoms with E-state index in [1.165, 1.54) is 0 Å². The summed E-state index contributed by atoms with van der Waals surface area (Å²) in [5.74, 6) is -0.668. The zero-order valence-corrected chi connectivity index (χ0v) is 11.9. The molecule has 3 nitrogen and oxygen atoms in total. The molecule has 1 saturated carbocycles. The molecule has 0 atom stereocenters. The maximum absolute atomic E-state index is 14.2. The van der Waals surface area contributed by atoms with Crippen molar-refractivity contribution in [1.82, 2.24) is 9.88 Å². The van der Waals surface area contributed by atoms with Gasteiger partial charge in [-0.25, -0.2) is 4.39 Å². The Hall–Kier alpha value is -2.23. The van der Waals surface area contributed by atoms with Crippen molar-refractivity contribution in [1.29, 1.82) is 0 Å². The van der Waals surface area contributed by atoms with Crippen LogP contribution in [0.3, 0.4) is 0 Å². The molecule has 0 aliphatic heterocycles. The molecule has 1 aliphatic carbocycles. The molecule has 0 radical (unpaired) electrons. The number of aromatic nitrogens is 1. The van der Waals surface area contributed by atoms with Gasteiger partial charge in [0.1, 0.15) is 5.82 Å². The highest BCUT2D eigenvalue weighted by atomic mass is 19.1. The summed E-state index contributed by atoms with van der Waals surface area (Å²) in [4.78, 5) is 18.7. The number of hydrogen-bond donors (Lipinski definition) is 0. The smallest absolute Gasteiger partial charge is 0.257 e. The summed E-state index contributed by atoms with van der Waals surface area (Å²) in [6.45, 7) is 2.10. The van der Waals surface area contributed by atoms with Crippen molar-refractivity contribution in [3.8, 4) is 0 Å². The van der Waals surface area contributed by atoms with Crippen molar-refractivity contribution in [3.63, 3.8) is 0 Å². The van der Waals surface area contributed by atoms with Gasteiger partial charge in [-0.15, -0.1) is 0 Å². The Bertz CT molecular complexity index is 653. The number of aryl methyl sites for hydroxylation is 1. The SMILES string of the molecule is Cc1cccc(C(=O)N(Cc2ccccn2)C2CC2)c1F. The molecule has 1 amide bonds. The molecule has 1 heterocycles. The van der Waals surface area contributed by atoms with Crippen LogP contribution in [0.4, 0.5) is 4.39 Å². The zero-order valence-electron chi connectivity index (χ0n) is 11.9. The van der Waals surface area contributed by atoms with Crippen LogP contribution in [0.5, 0.6) is 0 Å². The third kappa shape index (κ3) is 2.94. The van der Waals surface area contributed by atoms with Gasteiger partial charge in [-0.1, -0.05) is 18.2 Å². The number of hydrogen-bond acceptors (Lipinski definition) is 2. The maximum atomic E-state index is 14.2. The second-order valence-corrected chi connectivity index (χ2v) is 5.42. The van der Waals surface area contributed by atoms with Gasteiger partial charge in [0.15, 0.2) is 0 Å². The lowest BCUT2D eigenvalue weighted by atomic mass is 10.1. The van der Waals surface area contributed by atoms with Gasteiger partial charge in [0.2, 0.25) is 0 Å². The summed E-state index contributed by atoms with van der Waals surface area (Å²) in [5.41, 5.74) is 1.47. The molecule has 0 unspecified atom stereocenters. The van der Waals surface area contributed by atoms with E-state index in [2.05, 4.69) is 4.98 Å². The molecule has 1 aliphatic rings. The lowest BCUT2D eigenvalue weighted by Gasteiger charge is -2.22. The van der Waals surface area contributed by atoms with Gasteiger partial charge in [0.25, 0.3) is 5.91 Å². The largest absolute Gasteiger partial charge is 0.330 e. The monoisotopic (exact) mass is 284 g/mol. The van der Waals surface area contributed by atoms with Crippen LogP contribution in [0, 0.1) is 12.7 Å². The number of nitrogens with zero attached hydrogens (tertiary/aromatic N) is 2. The molecule has 21 heavy (non-hydrogen) atoms. The van der Waals surface area contributed by atoms with Gasteiger partial charge >= 0.3 is 0 Å². The van der Waals surface area contributed by atoms with Crippen molar-refractivity contribution < 1.29 is 9.18 Å². The molecule has 4 heteroatoms. The van der Waals surface area contributed by atoms with Crippen LogP contribution in [0.25, 0.3) is 0 Å². The van der Waals surface area contributed by atoms with Gasteiger partial charge in [-0.2, -0.15) is 0 Å². The van der Waals surface area contributed by atoms with E-state index in [0.717, 1.165) is 18.5 Å². The Balaban J connectivity index is 1.87. The first-order chi connectivity index (χ1) is 10.2. The van der Waals surface area contributed by atoms with Gasteiger partial charge in [0, 0.05) is 12.2 Å². The minimum absolute atomic E-state index is 0.151. The third-order valence-electron chi connectivity index (χ3n) is 3.73. The lowest BCUT2D eigenvalue weighted by Crippen LogP contribution is -2.33. The Morgan fingerprint density at radius 2 is 2.10 bits per heavy atom. The predicted octanol–water partition coefficient (Wildman–Crippen LogP) is 3.33. The Morgan fingerprint density at radius 1 is 1.29 bits per heavy atom. The first-order valence-corrected chi connectivity index (χ1v) is 7.13. The van der Waals surface area contributed by atoms with E-state index in [4.69, 9.17) is 0 Å². The fourth-order valence-electron chi connectivity index (χ4n) is 2.39. The van der Waals surface area contributed by atoms with Crippen molar-refractivity contribution in [2.45, 2.75) is 32.4 Å². The maximum Gasteiger partial charge on any atom is 0.257 e. The van der Waals surface area contributed by atoms with Crippen molar-refractivity contribution >= 4 is 5.91 Å². The Kier molecular flexibility index (Phi) is 3.69.